The maximum absolute atomic E-state index is 6.81. The minimum atomic E-state index is -0.275. The van der Waals surface area contributed by atoms with Gasteiger partial charge in [-0.2, -0.15) is 0 Å². The van der Waals surface area contributed by atoms with Crippen LogP contribution in [0.3, 0.4) is 0 Å². The second-order valence-electron chi connectivity index (χ2n) is 17.4. The first-order valence-electron chi connectivity index (χ1n) is 19.2. The molecule has 0 bridgehead atoms. The number of imidazole rings is 1. The standard InChI is InChI=1S/C49H48N4O.Pt/c1-32-26-27-50-43(28-32)53-41-25-24-38-44(48(6,7)49(8,9)47(38,4)5)45(41)46(2,3)37-23-22-36(30-42(37)53)54-35-19-15-18-34(29-35)52-31-51(33-16-11-10-12-17-33)39-20-13-14-21-40(39)52;/h10-30H,1-9H3;. The number of aryl methyl sites for hydroxylation is 1. The molecular weight excluding hydrogens is 856 g/mol. The van der Waals surface area contributed by atoms with Crippen molar-refractivity contribution in [2.75, 3.05) is 4.90 Å². The summed E-state index contributed by atoms with van der Waals surface area (Å²) < 4.78 is 12.5. The minimum absolute atomic E-state index is 0.00269. The Morgan fingerprint density at radius 1 is 0.564 bits per heavy atom. The summed E-state index contributed by atoms with van der Waals surface area (Å²) in [6.07, 6.45) is 1.92. The number of rotatable bonds is 5. The van der Waals surface area contributed by atoms with Crippen molar-refractivity contribution in [3.05, 3.63) is 159 Å². The van der Waals surface area contributed by atoms with Crippen molar-refractivity contribution in [2.24, 2.45) is 5.41 Å². The number of hydrogen-bond donors (Lipinski definition) is 0. The first kappa shape index (κ1) is 35.7. The number of aromatic nitrogens is 3. The Bertz CT molecular complexity index is 2730. The average molecular weight is 904 g/mol. The van der Waals surface area contributed by atoms with Crippen LogP contribution in [-0.2, 0) is 35.6 Å². The van der Waals surface area contributed by atoms with Gasteiger partial charge in [0, 0.05) is 6.20 Å². The van der Waals surface area contributed by atoms with Gasteiger partial charge in [0.15, 0.2) is 0 Å². The van der Waals surface area contributed by atoms with Gasteiger partial charge in [-0.05, 0) is 45.9 Å². The Labute approximate surface area is 335 Å². The van der Waals surface area contributed by atoms with E-state index in [2.05, 4.69) is 211 Å². The van der Waals surface area contributed by atoms with E-state index in [1.807, 2.05) is 12.3 Å². The van der Waals surface area contributed by atoms with Crippen LogP contribution in [0, 0.1) is 16.1 Å². The third kappa shape index (κ3) is 5.08. The van der Waals surface area contributed by atoms with Gasteiger partial charge < -0.3 is 0 Å². The number of nitrogens with zero attached hydrogens (tertiary/aromatic N) is 4. The summed E-state index contributed by atoms with van der Waals surface area (Å²) in [5, 5.41) is 0. The molecule has 5 aromatic carbocycles. The zero-order chi connectivity index (χ0) is 38.7. The van der Waals surface area contributed by atoms with E-state index in [-0.39, 0.29) is 21.7 Å². The summed E-state index contributed by atoms with van der Waals surface area (Å²) >= 11 is 2.44. The molecule has 0 amide bonds. The number of hydrogen-bond acceptors (Lipinski definition) is 3. The zero-order valence-corrected chi connectivity index (χ0v) is 35.4. The molecule has 2 aliphatic rings. The molecular formula is C49H48N4OPt. The Morgan fingerprint density at radius 2 is 1.20 bits per heavy atom. The SMILES string of the molecule is Cc1ccnc(N2c3cc(Oc4cccc(-n5[c](=[Pt])n(-c6ccccc6)c6ccccc65)c4)ccc3C(C)(C)c3c2ccc2c3C(C)(C)C(C)(C)C2(C)C)c1. The third-order valence-corrected chi connectivity index (χ3v) is 14.5. The summed E-state index contributed by atoms with van der Waals surface area (Å²) in [5.74, 6) is 2.47. The molecule has 0 radical (unpaired) electrons. The molecule has 6 heteroatoms. The molecule has 7 aromatic rings. The van der Waals surface area contributed by atoms with Crippen molar-refractivity contribution in [3.63, 3.8) is 0 Å². The van der Waals surface area contributed by atoms with E-state index in [0.717, 1.165) is 49.2 Å². The Kier molecular flexibility index (Phi) is 7.95. The van der Waals surface area contributed by atoms with Crippen molar-refractivity contribution in [1.29, 1.82) is 0 Å². The van der Waals surface area contributed by atoms with Crippen LogP contribution < -0.4 is 9.64 Å². The number of anilines is 3. The Balaban J connectivity index is 1.18. The van der Waals surface area contributed by atoms with Gasteiger partial charge in [0.25, 0.3) is 0 Å². The number of para-hydroxylation sites is 3. The van der Waals surface area contributed by atoms with Crippen LogP contribution in [0.4, 0.5) is 17.2 Å². The molecule has 55 heavy (non-hydrogen) atoms. The van der Waals surface area contributed by atoms with Crippen LogP contribution in [0.5, 0.6) is 11.5 Å². The van der Waals surface area contributed by atoms with Gasteiger partial charge in [0.05, 0.1) is 0 Å². The average Bonchev–Trinajstić information content (AvgIpc) is 3.50. The van der Waals surface area contributed by atoms with Crippen LogP contribution in [0.15, 0.2) is 128 Å². The first-order chi connectivity index (χ1) is 26.1. The van der Waals surface area contributed by atoms with Gasteiger partial charge in [0.2, 0.25) is 0 Å². The van der Waals surface area contributed by atoms with Gasteiger partial charge in [-0.15, -0.1) is 0 Å². The molecule has 9 rings (SSSR count). The molecule has 0 atom stereocenters. The fourth-order valence-electron chi connectivity index (χ4n) is 9.45. The summed E-state index contributed by atoms with van der Waals surface area (Å²) in [6, 6.07) is 43.1. The fraction of sp³-hybridized carbons (Fsp3) is 0.265. The molecule has 3 heterocycles. The van der Waals surface area contributed by atoms with E-state index in [0.29, 0.717) is 0 Å². The smallest absolute Gasteiger partial charge is 0.0582 e. The molecule has 2 aromatic heterocycles. The van der Waals surface area contributed by atoms with E-state index >= 15 is 0 Å². The molecule has 1 aliphatic heterocycles. The van der Waals surface area contributed by atoms with E-state index in [1.54, 1.807) is 0 Å². The van der Waals surface area contributed by atoms with Gasteiger partial charge in [-0.25, -0.2) is 0 Å². The number of ether oxygens (including phenoxy) is 1. The molecule has 0 N–H and O–H groups in total. The second-order valence-corrected chi connectivity index (χ2v) is 18.4. The summed E-state index contributed by atoms with van der Waals surface area (Å²) in [4.78, 5) is 7.36. The molecule has 0 saturated heterocycles. The molecule has 280 valence electrons. The normalized spacial score (nSPS) is 17.1. The molecule has 5 nitrogen and oxygen atoms in total. The van der Waals surface area contributed by atoms with Crippen LogP contribution in [0.1, 0.15) is 83.2 Å². The topological polar surface area (TPSA) is 35.2 Å². The van der Waals surface area contributed by atoms with E-state index in [4.69, 9.17) is 9.72 Å². The Morgan fingerprint density at radius 3 is 1.91 bits per heavy atom. The summed E-state index contributed by atoms with van der Waals surface area (Å²) in [5.41, 5.74) is 13.2. The van der Waals surface area contributed by atoms with Crippen molar-refractivity contribution < 1.29 is 24.1 Å². The minimum Gasteiger partial charge on any atom is -0.0582 e. The predicted octanol–water partition coefficient (Wildman–Crippen LogP) is 12.7. The second kappa shape index (κ2) is 12.3. The maximum atomic E-state index is 6.81. The van der Waals surface area contributed by atoms with Gasteiger partial charge in [-0.3, -0.25) is 0 Å². The molecule has 0 saturated carbocycles. The van der Waals surface area contributed by atoms with Gasteiger partial charge in [0.1, 0.15) is 0 Å². The van der Waals surface area contributed by atoms with E-state index < -0.39 is 0 Å². The van der Waals surface area contributed by atoms with Crippen LogP contribution in [-0.4, -0.2) is 14.1 Å². The van der Waals surface area contributed by atoms with Crippen LogP contribution >= 0.6 is 0 Å². The Hall–Kier alpha value is -4.99. The van der Waals surface area contributed by atoms with Crippen molar-refractivity contribution in [2.45, 2.75) is 78.6 Å². The van der Waals surface area contributed by atoms with Gasteiger partial charge >= 0.3 is 238 Å². The van der Waals surface area contributed by atoms with Crippen molar-refractivity contribution >= 4 is 28.2 Å². The van der Waals surface area contributed by atoms with E-state index in [1.165, 1.54) is 33.5 Å². The number of pyridine rings is 1. The van der Waals surface area contributed by atoms with Crippen LogP contribution in [0.2, 0.25) is 0 Å². The monoisotopic (exact) mass is 903 g/mol. The van der Waals surface area contributed by atoms with E-state index in [9.17, 15) is 0 Å². The summed E-state index contributed by atoms with van der Waals surface area (Å²) in [7, 11) is 0. The number of fused-ring (bicyclic) bond motifs is 5. The quantitative estimate of drug-likeness (QED) is 0.173. The van der Waals surface area contributed by atoms with Crippen molar-refractivity contribution in [1.82, 2.24) is 14.1 Å². The predicted molar refractivity (Wildman–Crippen MR) is 222 cm³/mol. The third-order valence-electron chi connectivity index (χ3n) is 13.5. The molecule has 0 unspecified atom stereocenters. The van der Waals surface area contributed by atoms with Crippen molar-refractivity contribution in [3.8, 4) is 22.9 Å². The number of benzene rings is 5. The molecule has 0 fully saturated rings. The zero-order valence-electron chi connectivity index (χ0n) is 33.1. The molecule has 1 aliphatic carbocycles. The first-order valence-corrected chi connectivity index (χ1v) is 20.4. The summed E-state index contributed by atoms with van der Waals surface area (Å²) in [6.45, 7) is 21.6. The fourth-order valence-corrected chi connectivity index (χ4v) is 10.6. The van der Waals surface area contributed by atoms with Crippen LogP contribution in [0.25, 0.3) is 22.4 Å². The molecule has 0 spiro atoms. The van der Waals surface area contributed by atoms with Gasteiger partial charge in [-0.1, -0.05) is 47.6 Å².